The van der Waals surface area contributed by atoms with Crippen molar-refractivity contribution in [1.82, 2.24) is 10.2 Å². The molecule has 0 aliphatic carbocycles. The maximum absolute atomic E-state index is 12.4. The van der Waals surface area contributed by atoms with Gasteiger partial charge >= 0.3 is 6.03 Å². The van der Waals surface area contributed by atoms with Gasteiger partial charge in [0.2, 0.25) is 0 Å². The van der Waals surface area contributed by atoms with Crippen LogP contribution in [-0.2, 0) is 21.2 Å². The molecule has 9 heteroatoms. The predicted molar refractivity (Wildman–Crippen MR) is 90.2 cm³/mol. The van der Waals surface area contributed by atoms with Crippen LogP contribution in [0.1, 0.15) is 29.3 Å². The SMILES string of the molecule is COc1ccc(C(C)=O)cc1CN1C(=O)N[C@H](CCS(C)(=O)=O)C1=O. The van der Waals surface area contributed by atoms with Gasteiger partial charge in [-0.3, -0.25) is 14.5 Å². The van der Waals surface area contributed by atoms with E-state index in [-0.39, 0.29) is 24.5 Å². The van der Waals surface area contributed by atoms with Gasteiger partial charge in [-0.25, -0.2) is 13.2 Å². The molecule has 8 nitrogen and oxygen atoms in total. The molecule has 0 spiro atoms. The number of amides is 3. The molecule has 1 aromatic rings. The molecular formula is C16H20N2O6S. The van der Waals surface area contributed by atoms with Gasteiger partial charge < -0.3 is 10.1 Å². The number of nitrogens with zero attached hydrogens (tertiary/aromatic N) is 1. The van der Waals surface area contributed by atoms with Crippen LogP contribution in [-0.4, -0.2) is 56.2 Å². The van der Waals surface area contributed by atoms with E-state index in [0.29, 0.717) is 16.9 Å². The van der Waals surface area contributed by atoms with Crippen LogP contribution < -0.4 is 10.1 Å². The minimum Gasteiger partial charge on any atom is -0.496 e. The van der Waals surface area contributed by atoms with Crippen LogP contribution >= 0.6 is 0 Å². The Bertz CT molecular complexity index is 818. The van der Waals surface area contributed by atoms with Crippen molar-refractivity contribution in [2.24, 2.45) is 0 Å². The number of nitrogens with one attached hydrogen (secondary N) is 1. The average Bonchev–Trinajstić information content (AvgIpc) is 2.79. The quantitative estimate of drug-likeness (QED) is 0.562. The molecule has 25 heavy (non-hydrogen) atoms. The number of ether oxygens (including phenoxy) is 1. The lowest BCUT2D eigenvalue weighted by Gasteiger charge is -2.16. The Morgan fingerprint density at radius 3 is 2.56 bits per heavy atom. The fraction of sp³-hybridized carbons (Fsp3) is 0.438. The molecule has 1 aliphatic rings. The molecule has 1 aromatic carbocycles. The van der Waals surface area contributed by atoms with Gasteiger partial charge in [-0.1, -0.05) is 0 Å². The van der Waals surface area contributed by atoms with Crippen molar-refractivity contribution >= 4 is 27.6 Å². The fourth-order valence-electron chi connectivity index (χ4n) is 2.55. The van der Waals surface area contributed by atoms with Crippen molar-refractivity contribution in [2.75, 3.05) is 19.1 Å². The van der Waals surface area contributed by atoms with Crippen LogP contribution in [0.5, 0.6) is 5.75 Å². The molecule has 0 aromatic heterocycles. The summed E-state index contributed by atoms with van der Waals surface area (Å²) in [6.07, 6.45) is 1.09. The van der Waals surface area contributed by atoms with Gasteiger partial charge in [0.05, 0.1) is 19.4 Å². The van der Waals surface area contributed by atoms with Crippen LogP contribution in [0.2, 0.25) is 0 Å². The first-order valence-electron chi connectivity index (χ1n) is 7.60. The number of methoxy groups -OCH3 is 1. The third-order valence-corrected chi connectivity index (χ3v) is 4.88. The van der Waals surface area contributed by atoms with Gasteiger partial charge in [0, 0.05) is 17.4 Å². The van der Waals surface area contributed by atoms with Crippen LogP contribution in [0.4, 0.5) is 4.79 Å². The molecule has 1 saturated heterocycles. The van der Waals surface area contributed by atoms with Gasteiger partial charge in [-0.15, -0.1) is 0 Å². The summed E-state index contributed by atoms with van der Waals surface area (Å²) in [6.45, 7) is 1.35. The number of carbonyl (C=O) groups excluding carboxylic acids is 3. The normalized spacial score (nSPS) is 17.6. The molecule has 1 heterocycles. The Morgan fingerprint density at radius 2 is 2.00 bits per heavy atom. The summed E-state index contributed by atoms with van der Waals surface area (Å²) in [6, 6.07) is 3.31. The number of hydrogen-bond donors (Lipinski definition) is 1. The smallest absolute Gasteiger partial charge is 0.325 e. The van der Waals surface area contributed by atoms with Gasteiger partial charge in [0.25, 0.3) is 5.91 Å². The number of ketones is 1. The lowest BCUT2D eigenvalue weighted by Crippen LogP contribution is -2.32. The molecule has 1 fully saturated rings. The Morgan fingerprint density at radius 1 is 1.32 bits per heavy atom. The van der Waals surface area contributed by atoms with E-state index in [0.717, 1.165) is 11.2 Å². The summed E-state index contributed by atoms with van der Waals surface area (Å²) in [7, 11) is -1.78. The lowest BCUT2D eigenvalue weighted by molar-refractivity contribution is -0.127. The standard InChI is InChI=1S/C16H20N2O6S/c1-10(19)11-4-5-14(24-2)12(8-11)9-18-15(20)13(17-16(18)21)6-7-25(3,22)23/h4-5,8,13H,6-7,9H2,1-3H3,(H,17,21)/t13-/m1/s1. The van der Waals surface area contributed by atoms with E-state index in [2.05, 4.69) is 5.32 Å². The molecule has 2 rings (SSSR count). The second-order valence-corrected chi connectivity index (χ2v) is 8.19. The molecular weight excluding hydrogens is 348 g/mol. The second kappa shape index (κ2) is 7.22. The van der Waals surface area contributed by atoms with Gasteiger partial charge in [0.15, 0.2) is 5.78 Å². The van der Waals surface area contributed by atoms with Crippen molar-refractivity contribution in [3.8, 4) is 5.75 Å². The van der Waals surface area contributed by atoms with Crippen LogP contribution in [0.15, 0.2) is 18.2 Å². The zero-order chi connectivity index (χ0) is 18.8. The molecule has 1 aliphatic heterocycles. The molecule has 0 bridgehead atoms. The first-order valence-corrected chi connectivity index (χ1v) is 9.66. The summed E-state index contributed by atoms with van der Waals surface area (Å²) >= 11 is 0. The van der Waals surface area contributed by atoms with E-state index in [9.17, 15) is 22.8 Å². The highest BCUT2D eigenvalue weighted by Crippen LogP contribution is 2.24. The fourth-order valence-corrected chi connectivity index (χ4v) is 3.21. The third-order valence-electron chi connectivity index (χ3n) is 3.90. The summed E-state index contributed by atoms with van der Waals surface area (Å²) in [4.78, 5) is 37.0. The summed E-state index contributed by atoms with van der Waals surface area (Å²) in [5.41, 5.74) is 0.957. The number of carbonyl (C=O) groups is 3. The monoisotopic (exact) mass is 368 g/mol. The summed E-state index contributed by atoms with van der Waals surface area (Å²) in [5, 5.41) is 2.49. The van der Waals surface area contributed by atoms with Gasteiger partial charge in [0.1, 0.15) is 21.6 Å². The minimum atomic E-state index is -3.23. The molecule has 136 valence electrons. The number of rotatable bonds is 7. The molecule has 0 saturated carbocycles. The van der Waals surface area contributed by atoms with Crippen LogP contribution in [0.25, 0.3) is 0 Å². The highest BCUT2D eigenvalue weighted by molar-refractivity contribution is 7.90. The maximum Gasteiger partial charge on any atom is 0.325 e. The predicted octanol–water partition coefficient (Wildman–Crippen LogP) is 0.753. The van der Waals surface area contributed by atoms with Crippen LogP contribution in [0.3, 0.4) is 0 Å². The van der Waals surface area contributed by atoms with E-state index < -0.39 is 27.8 Å². The zero-order valence-corrected chi connectivity index (χ0v) is 15.1. The molecule has 0 radical (unpaired) electrons. The largest absolute Gasteiger partial charge is 0.496 e. The Balaban J connectivity index is 2.19. The van der Waals surface area contributed by atoms with Crippen LogP contribution in [0, 0.1) is 0 Å². The first kappa shape index (κ1) is 18.9. The summed E-state index contributed by atoms with van der Waals surface area (Å²) < 4.78 is 27.7. The van der Waals surface area contributed by atoms with E-state index in [1.165, 1.54) is 14.0 Å². The Kier molecular flexibility index (Phi) is 5.46. The van der Waals surface area contributed by atoms with E-state index in [1.807, 2.05) is 0 Å². The first-order chi connectivity index (χ1) is 11.6. The van der Waals surface area contributed by atoms with Crippen molar-refractivity contribution < 1.29 is 27.5 Å². The zero-order valence-electron chi connectivity index (χ0n) is 14.2. The number of sulfone groups is 1. The minimum absolute atomic E-state index is 0.0184. The number of Topliss-reactive ketones (excluding diaryl/α,β-unsaturated/α-hetero) is 1. The number of urea groups is 1. The maximum atomic E-state index is 12.4. The average molecular weight is 368 g/mol. The summed E-state index contributed by atoms with van der Waals surface area (Å²) in [5.74, 6) is -0.387. The molecule has 1 atom stereocenters. The van der Waals surface area contributed by atoms with Gasteiger partial charge in [-0.05, 0) is 31.5 Å². The number of benzene rings is 1. The molecule has 3 amide bonds. The van der Waals surface area contributed by atoms with Crippen molar-refractivity contribution in [1.29, 1.82) is 0 Å². The van der Waals surface area contributed by atoms with Crippen molar-refractivity contribution in [2.45, 2.75) is 25.9 Å². The Hall–Kier alpha value is -2.42. The topological polar surface area (TPSA) is 110 Å². The van der Waals surface area contributed by atoms with Crippen molar-refractivity contribution in [3.05, 3.63) is 29.3 Å². The van der Waals surface area contributed by atoms with E-state index in [4.69, 9.17) is 4.74 Å². The second-order valence-electron chi connectivity index (χ2n) is 5.93. The van der Waals surface area contributed by atoms with Crippen molar-refractivity contribution in [3.63, 3.8) is 0 Å². The van der Waals surface area contributed by atoms with E-state index in [1.54, 1.807) is 18.2 Å². The van der Waals surface area contributed by atoms with Gasteiger partial charge in [-0.2, -0.15) is 0 Å². The van der Waals surface area contributed by atoms with E-state index >= 15 is 0 Å². The number of hydrogen-bond acceptors (Lipinski definition) is 6. The molecule has 1 N–H and O–H groups in total. The lowest BCUT2D eigenvalue weighted by atomic mass is 10.1. The molecule has 0 unspecified atom stereocenters. The Labute approximate surface area is 146 Å². The third kappa shape index (κ3) is 4.56. The highest BCUT2D eigenvalue weighted by atomic mass is 32.2. The number of imide groups is 1. The highest BCUT2D eigenvalue weighted by Gasteiger charge is 2.38.